The van der Waals surface area contributed by atoms with E-state index in [2.05, 4.69) is 5.32 Å². The minimum atomic E-state index is -0.369. The molecule has 0 spiro atoms. The maximum absolute atomic E-state index is 13.3. The van der Waals surface area contributed by atoms with Crippen molar-refractivity contribution in [3.05, 3.63) is 96.1 Å². The predicted octanol–water partition coefficient (Wildman–Crippen LogP) is 4.50. The second-order valence-corrected chi connectivity index (χ2v) is 7.67. The minimum absolute atomic E-state index is 0.0196. The highest BCUT2D eigenvalue weighted by Gasteiger charge is 2.41. The molecule has 5 heteroatoms. The van der Waals surface area contributed by atoms with E-state index in [1.807, 2.05) is 84.9 Å². The molecule has 1 aliphatic heterocycles. The van der Waals surface area contributed by atoms with Crippen LogP contribution in [-0.2, 0) is 16.1 Å². The van der Waals surface area contributed by atoms with Crippen LogP contribution in [0.5, 0.6) is 5.75 Å². The first-order valence-electron chi connectivity index (χ1n) is 10.5. The third-order valence-corrected chi connectivity index (χ3v) is 5.74. The third-order valence-electron chi connectivity index (χ3n) is 5.74. The number of carbonyl (C=O) groups is 2. The zero-order valence-electron chi connectivity index (χ0n) is 17.5. The zero-order chi connectivity index (χ0) is 21.6. The molecule has 0 unspecified atom stereocenters. The molecule has 2 amide bonds. The van der Waals surface area contributed by atoms with Gasteiger partial charge in [-0.25, -0.2) is 0 Å². The summed E-state index contributed by atoms with van der Waals surface area (Å²) in [6, 6.07) is 26.7. The lowest BCUT2D eigenvalue weighted by Crippen LogP contribution is -2.48. The molecule has 0 aromatic heterocycles. The summed E-state index contributed by atoms with van der Waals surface area (Å²) in [4.78, 5) is 28.1. The number of amides is 2. The number of rotatable bonds is 6. The lowest BCUT2D eigenvalue weighted by Gasteiger charge is -2.41. The van der Waals surface area contributed by atoms with E-state index in [-0.39, 0.29) is 23.8 Å². The van der Waals surface area contributed by atoms with Gasteiger partial charge in [-0.1, -0.05) is 60.7 Å². The standard InChI is InChI=1S/C26H26N2O3/c1-31-22-14-12-21(13-15-22)28-24(29)17-16-23(25(28)20-10-6-3-7-11-20)26(30)27-18-19-8-4-2-5-9-19/h2-15,23,25H,16-18H2,1H3,(H,27,30)/t23-,25-/m0/s1. The van der Waals surface area contributed by atoms with E-state index in [1.165, 1.54) is 0 Å². The maximum atomic E-state index is 13.3. The van der Waals surface area contributed by atoms with E-state index >= 15 is 0 Å². The van der Waals surface area contributed by atoms with Gasteiger partial charge in [0.05, 0.1) is 19.1 Å². The summed E-state index contributed by atoms with van der Waals surface area (Å²) in [6.45, 7) is 0.466. The van der Waals surface area contributed by atoms with E-state index in [0.29, 0.717) is 19.4 Å². The molecule has 5 nitrogen and oxygen atoms in total. The molecule has 0 bridgehead atoms. The number of piperidine rings is 1. The largest absolute Gasteiger partial charge is 0.497 e. The molecule has 1 N–H and O–H groups in total. The van der Waals surface area contributed by atoms with Gasteiger partial charge in [0.15, 0.2) is 0 Å². The molecule has 0 radical (unpaired) electrons. The van der Waals surface area contributed by atoms with Gasteiger partial charge in [0, 0.05) is 18.7 Å². The molecule has 1 aliphatic rings. The molecule has 1 saturated heterocycles. The van der Waals surface area contributed by atoms with Crippen LogP contribution in [0.3, 0.4) is 0 Å². The van der Waals surface area contributed by atoms with Gasteiger partial charge in [-0.2, -0.15) is 0 Å². The maximum Gasteiger partial charge on any atom is 0.227 e. The Morgan fingerprint density at radius 2 is 1.61 bits per heavy atom. The van der Waals surface area contributed by atoms with Gasteiger partial charge in [-0.05, 0) is 41.8 Å². The molecule has 158 valence electrons. The fourth-order valence-electron chi connectivity index (χ4n) is 4.16. The van der Waals surface area contributed by atoms with Crippen LogP contribution < -0.4 is 15.0 Å². The molecular formula is C26H26N2O3. The number of hydrogen-bond acceptors (Lipinski definition) is 3. The van der Waals surface area contributed by atoms with E-state index in [9.17, 15) is 9.59 Å². The molecule has 0 aliphatic carbocycles. The molecule has 31 heavy (non-hydrogen) atoms. The van der Waals surface area contributed by atoms with E-state index < -0.39 is 0 Å². The van der Waals surface area contributed by atoms with Crippen molar-refractivity contribution >= 4 is 17.5 Å². The Morgan fingerprint density at radius 1 is 0.968 bits per heavy atom. The van der Waals surface area contributed by atoms with Crippen LogP contribution in [0.2, 0.25) is 0 Å². The highest BCUT2D eigenvalue weighted by Crippen LogP contribution is 2.40. The molecule has 3 aromatic rings. The van der Waals surface area contributed by atoms with Gasteiger partial charge in [0.25, 0.3) is 0 Å². The number of nitrogens with zero attached hydrogens (tertiary/aromatic N) is 1. The van der Waals surface area contributed by atoms with E-state index in [4.69, 9.17) is 4.74 Å². The van der Waals surface area contributed by atoms with Gasteiger partial charge < -0.3 is 15.0 Å². The summed E-state index contributed by atoms with van der Waals surface area (Å²) in [6.07, 6.45) is 0.852. The number of carbonyl (C=O) groups excluding carboxylic acids is 2. The number of ether oxygens (including phenoxy) is 1. The van der Waals surface area contributed by atoms with E-state index in [1.54, 1.807) is 12.0 Å². The summed E-state index contributed by atoms with van der Waals surface area (Å²) in [5.74, 6) is 0.363. The van der Waals surface area contributed by atoms with Crippen LogP contribution >= 0.6 is 0 Å². The van der Waals surface area contributed by atoms with E-state index in [0.717, 1.165) is 22.6 Å². The predicted molar refractivity (Wildman–Crippen MR) is 121 cm³/mol. The van der Waals surface area contributed by atoms with Crippen molar-refractivity contribution in [1.82, 2.24) is 5.32 Å². The van der Waals surface area contributed by atoms with Gasteiger partial charge in [0.2, 0.25) is 11.8 Å². The first-order valence-corrected chi connectivity index (χ1v) is 10.5. The van der Waals surface area contributed by atoms with Crippen LogP contribution in [-0.4, -0.2) is 18.9 Å². The van der Waals surface area contributed by atoms with Crippen LogP contribution in [0.4, 0.5) is 5.69 Å². The fourth-order valence-corrected chi connectivity index (χ4v) is 4.16. The Hall–Kier alpha value is -3.60. The Kier molecular flexibility index (Phi) is 6.32. The Balaban J connectivity index is 1.65. The number of hydrogen-bond donors (Lipinski definition) is 1. The van der Waals surface area contributed by atoms with Crippen molar-refractivity contribution in [2.45, 2.75) is 25.4 Å². The van der Waals surface area contributed by atoms with Crippen molar-refractivity contribution in [1.29, 1.82) is 0 Å². The quantitative estimate of drug-likeness (QED) is 0.646. The summed E-state index contributed by atoms with van der Waals surface area (Å²) < 4.78 is 5.26. The van der Waals surface area contributed by atoms with Crippen molar-refractivity contribution < 1.29 is 14.3 Å². The lowest BCUT2D eigenvalue weighted by molar-refractivity contribution is -0.129. The highest BCUT2D eigenvalue weighted by atomic mass is 16.5. The molecule has 0 saturated carbocycles. The number of nitrogens with one attached hydrogen (secondary N) is 1. The van der Waals surface area contributed by atoms with Crippen LogP contribution in [0.25, 0.3) is 0 Å². The average Bonchev–Trinajstić information content (AvgIpc) is 2.83. The van der Waals surface area contributed by atoms with Crippen LogP contribution in [0.15, 0.2) is 84.9 Å². The van der Waals surface area contributed by atoms with Crippen molar-refractivity contribution in [3.8, 4) is 5.75 Å². The summed E-state index contributed by atoms with van der Waals surface area (Å²) >= 11 is 0. The second kappa shape index (κ2) is 9.47. The van der Waals surface area contributed by atoms with Gasteiger partial charge >= 0.3 is 0 Å². The lowest BCUT2D eigenvalue weighted by atomic mass is 9.83. The zero-order valence-corrected chi connectivity index (χ0v) is 17.5. The fraction of sp³-hybridized carbons (Fsp3) is 0.231. The molecule has 2 atom stereocenters. The Bertz CT molecular complexity index is 1020. The smallest absolute Gasteiger partial charge is 0.227 e. The molecule has 4 rings (SSSR count). The highest BCUT2D eigenvalue weighted by molar-refractivity contribution is 5.97. The topological polar surface area (TPSA) is 58.6 Å². The first kappa shape index (κ1) is 20.7. The van der Waals surface area contributed by atoms with Crippen LogP contribution in [0, 0.1) is 5.92 Å². The van der Waals surface area contributed by atoms with Gasteiger partial charge in [0.1, 0.15) is 5.75 Å². The summed E-state index contributed by atoms with van der Waals surface area (Å²) in [7, 11) is 1.61. The van der Waals surface area contributed by atoms with Crippen molar-refractivity contribution in [2.24, 2.45) is 5.92 Å². The SMILES string of the molecule is COc1ccc(N2C(=O)CC[C@H](C(=O)NCc3ccccc3)[C@@H]2c2ccccc2)cc1. The molecule has 1 heterocycles. The number of methoxy groups -OCH3 is 1. The van der Waals surface area contributed by atoms with Gasteiger partial charge in [-0.15, -0.1) is 0 Å². The minimum Gasteiger partial charge on any atom is -0.497 e. The first-order chi connectivity index (χ1) is 15.2. The average molecular weight is 415 g/mol. The summed E-state index contributed by atoms with van der Waals surface area (Å²) in [5, 5.41) is 3.08. The normalized spacial score (nSPS) is 18.5. The molecule has 3 aromatic carbocycles. The number of anilines is 1. The monoisotopic (exact) mass is 414 g/mol. The van der Waals surface area contributed by atoms with Crippen molar-refractivity contribution in [2.75, 3.05) is 12.0 Å². The number of benzene rings is 3. The third kappa shape index (κ3) is 4.61. The Morgan fingerprint density at radius 3 is 2.26 bits per heavy atom. The molecule has 1 fully saturated rings. The van der Waals surface area contributed by atoms with Crippen LogP contribution in [0.1, 0.15) is 30.0 Å². The Labute approximate surface area is 182 Å². The van der Waals surface area contributed by atoms with Gasteiger partial charge in [-0.3, -0.25) is 9.59 Å². The molecular weight excluding hydrogens is 388 g/mol. The summed E-state index contributed by atoms with van der Waals surface area (Å²) in [5.41, 5.74) is 2.76. The second-order valence-electron chi connectivity index (χ2n) is 7.67. The van der Waals surface area contributed by atoms with Crippen molar-refractivity contribution in [3.63, 3.8) is 0 Å².